The van der Waals surface area contributed by atoms with Crippen LogP contribution in [0.3, 0.4) is 0 Å². The number of nitrogens with two attached hydrogens (primary N) is 1. The largest absolute Gasteiger partial charge is 0.417 e. The molecule has 1 aromatic carbocycles. The quantitative estimate of drug-likeness (QED) is 0.902. The van der Waals surface area contributed by atoms with Gasteiger partial charge in [-0.1, -0.05) is 29.5 Å². The third kappa shape index (κ3) is 2.45. The van der Waals surface area contributed by atoms with Crippen molar-refractivity contribution >= 4 is 11.3 Å². The van der Waals surface area contributed by atoms with Gasteiger partial charge in [0.2, 0.25) is 0 Å². The lowest BCUT2D eigenvalue weighted by atomic mass is 10.1. The van der Waals surface area contributed by atoms with Gasteiger partial charge in [-0.3, -0.25) is 0 Å². The molecule has 90 valence electrons. The summed E-state index contributed by atoms with van der Waals surface area (Å²) in [5.41, 5.74) is 4.68. The van der Waals surface area contributed by atoms with Gasteiger partial charge in [0.25, 0.3) is 0 Å². The molecule has 7 heteroatoms. The van der Waals surface area contributed by atoms with Crippen LogP contribution in [-0.4, -0.2) is 10.2 Å². The molecule has 17 heavy (non-hydrogen) atoms. The fourth-order valence-electron chi connectivity index (χ4n) is 1.36. The predicted molar refractivity (Wildman–Crippen MR) is 58.2 cm³/mol. The molecule has 0 aliphatic rings. The molecule has 1 aromatic heterocycles. The van der Waals surface area contributed by atoms with E-state index in [0.717, 1.165) is 17.4 Å². The molecule has 0 fully saturated rings. The van der Waals surface area contributed by atoms with Gasteiger partial charge in [-0.2, -0.15) is 13.2 Å². The van der Waals surface area contributed by atoms with Crippen LogP contribution in [0.4, 0.5) is 13.2 Å². The number of benzene rings is 1. The van der Waals surface area contributed by atoms with E-state index in [2.05, 4.69) is 10.2 Å². The van der Waals surface area contributed by atoms with E-state index >= 15 is 0 Å². The van der Waals surface area contributed by atoms with Crippen LogP contribution in [0.1, 0.15) is 10.6 Å². The molecular formula is C10H8F3N3S. The van der Waals surface area contributed by atoms with Crippen molar-refractivity contribution in [1.82, 2.24) is 10.2 Å². The molecule has 2 N–H and O–H groups in total. The van der Waals surface area contributed by atoms with Gasteiger partial charge in [0.1, 0.15) is 10.0 Å². The lowest BCUT2D eigenvalue weighted by molar-refractivity contribution is -0.137. The second-order valence-corrected chi connectivity index (χ2v) is 4.31. The Hall–Kier alpha value is -1.47. The Kier molecular flexibility index (Phi) is 3.12. The van der Waals surface area contributed by atoms with Crippen molar-refractivity contribution in [2.24, 2.45) is 5.73 Å². The van der Waals surface area contributed by atoms with Gasteiger partial charge < -0.3 is 5.73 Å². The van der Waals surface area contributed by atoms with Crippen molar-refractivity contribution in [3.8, 4) is 10.6 Å². The summed E-state index contributed by atoms with van der Waals surface area (Å²) in [5, 5.41) is 8.18. The van der Waals surface area contributed by atoms with E-state index in [1.54, 1.807) is 0 Å². The first kappa shape index (κ1) is 12.0. The molecule has 2 aromatic rings. The van der Waals surface area contributed by atoms with E-state index in [4.69, 9.17) is 5.73 Å². The van der Waals surface area contributed by atoms with Crippen molar-refractivity contribution in [1.29, 1.82) is 0 Å². The summed E-state index contributed by atoms with van der Waals surface area (Å²) in [6.45, 7) is 0.172. The zero-order valence-corrected chi connectivity index (χ0v) is 9.35. The highest BCUT2D eigenvalue weighted by Crippen LogP contribution is 2.37. The van der Waals surface area contributed by atoms with Gasteiger partial charge in [0.15, 0.2) is 0 Å². The van der Waals surface area contributed by atoms with Crippen LogP contribution in [0.5, 0.6) is 0 Å². The number of nitrogens with zero attached hydrogens (tertiary/aromatic N) is 2. The van der Waals surface area contributed by atoms with E-state index in [9.17, 15) is 13.2 Å². The second-order valence-electron chi connectivity index (χ2n) is 3.25. The van der Waals surface area contributed by atoms with Crippen LogP contribution in [0.15, 0.2) is 24.3 Å². The Morgan fingerprint density at radius 3 is 2.47 bits per heavy atom. The molecule has 0 saturated heterocycles. The predicted octanol–water partition coefficient (Wildman–Crippen LogP) is 2.68. The number of hydrogen-bond acceptors (Lipinski definition) is 4. The first-order valence-electron chi connectivity index (χ1n) is 4.71. The average molecular weight is 259 g/mol. The summed E-state index contributed by atoms with van der Waals surface area (Å²) in [4.78, 5) is 0. The molecule has 2 rings (SSSR count). The van der Waals surface area contributed by atoms with Gasteiger partial charge in [-0.25, -0.2) is 0 Å². The minimum Gasteiger partial charge on any atom is -0.324 e. The lowest BCUT2D eigenvalue weighted by Gasteiger charge is -2.09. The fraction of sp³-hybridized carbons (Fsp3) is 0.200. The lowest BCUT2D eigenvalue weighted by Crippen LogP contribution is -2.06. The van der Waals surface area contributed by atoms with Gasteiger partial charge in [0.05, 0.1) is 5.56 Å². The van der Waals surface area contributed by atoms with Crippen LogP contribution in [0.25, 0.3) is 10.6 Å². The van der Waals surface area contributed by atoms with Crippen molar-refractivity contribution in [2.45, 2.75) is 12.7 Å². The molecule has 0 unspecified atom stereocenters. The van der Waals surface area contributed by atoms with E-state index in [1.807, 2.05) is 0 Å². The maximum absolute atomic E-state index is 12.8. The zero-order valence-electron chi connectivity index (χ0n) is 8.53. The van der Waals surface area contributed by atoms with Crippen molar-refractivity contribution in [2.75, 3.05) is 0 Å². The maximum atomic E-state index is 12.8. The smallest absolute Gasteiger partial charge is 0.324 e. The van der Waals surface area contributed by atoms with Gasteiger partial charge in [-0.15, -0.1) is 10.2 Å². The Morgan fingerprint density at radius 2 is 1.88 bits per heavy atom. The third-order valence-electron chi connectivity index (χ3n) is 2.10. The number of halogens is 3. The summed E-state index contributed by atoms with van der Waals surface area (Å²) in [5.74, 6) is 0. The molecule has 1 heterocycles. The van der Waals surface area contributed by atoms with Crippen molar-refractivity contribution in [3.05, 3.63) is 34.8 Å². The van der Waals surface area contributed by atoms with E-state index in [0.29, 0.717) is 5.01 Å². The molecule has 0 amide bonds. The highest BCUT2D eigenvalue weighted by molar-refractivity contribution is 7.14. The first-order valence-corrected chi connectivity index (χ1v) is 5.53. The van der Waals surface area contributed by atoms with E-state index in [-0.39, 0.29) is 17.1 Å². The number of hydrogen-bond donors (Lipinski definition) is 1. The highest BCUT2D eigenvalue weighted by atomic mass is 32.1. The molecule has 3 nitrogen and oxygen atoms in total. The Bertz CT molecular complexity index is 522. The zero-order chi connectivity index (χ0) is 12.5. The Labute approximate surface area is 99.1 Å². The first-order chi connectivity index (χ1) is 8.02. The summed E-state index contributed by atoms with van der Waals surface area (Å²) in [6, 6.07) is 5.29. The molecule has 0 bridgehead atoms. The average Bonchev–Trinajstić information content (AvgIpc) is 2.76. The molecule has 0 saturated carbocycles. The maximum Gasteiger partial charge on any atom is 0.417 e. The van der Waals surface area contributed by atoms with Crippen LogP contribution in [0.2, 0.25) is 0 Å². The molecule has 0 aliphatic heterocycles. The molecule has 0 atom stereocenters. The van der Waals surface area contributed by atoms with Gasteiger partial charge >= 0.3 is 6.18 Å². The van der Waals surface area contributed by atoms with Gasteiger partial charge in [-0.05, 0) is 6.07 Å². The van der Waals surface area contributed by atoms with E-state index in [1.165, 1.54) is 18.2 Å². The number of alkyl halides is 3. The van der Waals surface area contributed by atoms with Crippen LogP contribution >= 0.6 is 11.3 Å². The monoisotopic (exact) mass is 259 g/mol. The summed E-state index contributed by atoms with van der Waals surface area (Å²) >= 11 is 1.07. The standard InChI is InChI=1S/C10H8F3N3S/c11-10(12,13)7-4-2-1-3-6(7)9-16-15-8(5-14)17-9/h1-4H,5,14H2. The molecule has 0 aliphatic carbocycles. The van der Waals surface area contributed by atoms with Crippen LogP contribution in [-0.2, 0) is 12.7 Å². The van der Waals surface area contributed by atoms with Crippen molar-refractivity contribution in [3.63, 3.8) is 0 Å². The summed E-state index contributed by atoms with van der Waals surface area (Å²) < 4.78 is 38.3. The van der Waals surface area contributed by atoms with Crippen LogP contribution in [0, 0.1) is 0 Å². The second kappa shape index (κ2) is 4.42. The SMILES string of the molecule is NCc1nnc(-c2ccccc2C(F)(F)F)s1. The molecule has 0 radical (unpaired) electrons. The van der Waals surface area contributed by atoms with Gasteiger partial charge in [0, 0.05) is 12.1 Å². The summed E-state index contributed by atoms with van der Waals surface area (Å²) in [7, 11) is 0. The number of rotatable bonds is 2. The Morgan fingerprint density at radius 1 is 1.18 bits per heavy atom. The molecular weight excluding hydrogens is 251 g/mol. The minimum absolute atomic E-state index is 0.0391. The topological polar surface area (TPSA) is 51.8 Å². The van der Waals surface area contributed by atoms with Crippen LogP contribution < -0.4 is 5.73 Å². The highest BCUT2D eigenvalue weighted by Gasteiger charge is 2.34. The normalized spacial score (nSPS) is 11.8. The minimum atomic E-state index is -4.40. The molecule has 0 spiro atoms. The Balaban J connectivity index is 2.52. The fourth-order valence-corrected chi connectivity index (χ4v) is 2.12. The van der Waals surface area contributed by atoms with Crippen molar-refractivity contribution < 1.29 is 13.2 Å². The number of aromatic nitrogens is 2. The third-order valence-corrected chi connectivity index (χ3v) is 3.08. The van der Waals surface area contributed by atoms with E-state index < -0.39 is 11.7 Å². The summed E-state index contributed by atoms with van der Waals surface area (Å²) in [6.07, 6.45) is -4.40.